The highest BCUT2D eigenvalue weighted by Gasteiger charge is 2.26. The molecule has 0 atom stereocenters. The SMILES string of the molecule is COc1ccc(NC(=O)CSC2=NS(=O)(=O)c3cc(F)ccc3N2)cc1. The van der Waals surface area contributed by atoms with Crippen molar-refractivity contribution in [1.82, 2.24) is 0 Å². The largest absolute Gasteiger partial charge is 0.497 e. The molecule has 136 valence electrons. The molecule has 0 bridgehead atoms. The predicted molar refractivity (Wildman–Crippen MR) is 98.7 cm³/mol. The zero-order valence-corrected chi connectivity index (χ0v) is 15.2. The second-order valence-electron chi connectivity index (χ2n) is 5.20. The Morgan fingerprint density at radius 3 is 2.69 bits per heavy atom. The first-order valence-electron chi connectivity index (χ1n) is 7.35. The summed E-state index contributed by atoms with van der Waals surface area (Å²) in [6, 6.07) is 10.1. The maximum atomic E-state index is 13.2. The van der Waals surface area contributed by atoms with Crippen LogP contribution in [-0.4, -0.2) is 32.4 Å². The molecule has 1 aliphatic rings. The molecule has 0 saturated heterocycles. The van der Waals surface area contributed by atoms with E-state index in [1.807, 2.05) is 0 Å². The van der Waals surface area contributed by atoms with E-state index in [1.165, 1.54) is 6.07 Å². The van der Waals surface area contributed by atoms with Gasteiger partial charge in [0.25, 0.3) is 10.0 Å². The van der Waals surface area contributed by atoms with Crippen molar-refractivity contribution in [3.8, 4) is 5.75 Å². The Bertz CT molecular complexity index is 975. The van der Waals surface area contributed by atoms with E-state index in [2.05, 4.69) is 15.0 Å². The van der Waals surface area contributed by atoms with Crippen molar-refractivity contribution in [3.05, 3.63) is 48.3 Å². The summed E-state index contributed by atoms with van der Waals surface area (Å²) in [7, 11) is -2.46. The van der Waals surface area contributed by atoms with Gasteiger partial charge in [0.05, 0.1) is 18.6 Å². The monoisotopic (exact) mass is 395 g/mol. The standard InChI is InChI=1S/C16H14FN3O4S2/c1-24-12-5-3-11(4-6-12)18-15(21)9-25-16-19-13-7-2-10(17)8-14(13)26(22,23)20-16/h2-8H,9H2,1H3,(H,18,21)(H,19,20). The van der Waals surface area contributed by atoms with Crippen LogP contribution in [0.1, 0.15) is 0 Å². The molecule has 2 aromatic carbocycles. The number of anilines is 2. The van der Waals surface area contributed by atoms with Crippen LogP contribution >= 0.6 is 11.8 Å². The molecule has 0 saturated carbocycles. The lowest BCUT2D eigenvalue weighted by molar-refractivity contribution is -0.113. The van der Waals surface area contributed by atoms with E-state index in [0.29, 0.717) is 11.4 Å². The van der Waals surface area contributed by atoms with E-state index in [0.717, 1.165) is 23.9 Å². The predicted octanol–water partition coefficient (Wildman–Crippen LogP) is 2.68. The van der Waals surface area contributed by atoms with Crippen molar-refractivity contribution in [2.45, 2.75) is 4.90 Å². The van der Waals surface area contributed by atoms with E-state index in [4.69, 9.17) is 4.74 Å². The second kappa shape index (κ2) is 7.34. The number of nitrogens with zero attached hydrogens (tertiary/aromatic N) is 1. The number of methoxy groups -OCH3 is 1. The highest BCUT2D eigenvalue weighted by atomic mass is 32.2. The van der Waals surface area contributed by atoms with Crippen LogP contribution in [0.2, 0.25) is 0 Å². The Morgan fingerprint density at radius 2 is 2.00 bits per heavy atom. The van der Waals surface area contributed by atoms with Crippen LogP contribution < -0.4 is 15.4 Å². The third kappa shape index (κ3) is 4.14. The van der Waals surface area contributed by atoms with Gasteiger partial charge in [0, 0.05) is 5.69 Å². The van der Waals surface area contributed by atoms with Crippen molar-refractivity contribution in [1.29, 1.82) is 0 Å². The van der Waals surface area contributed by atoms with Gasteiger partial charge in [-0.05, 0) is 42.5 Å². The van der Waals surface area contributed by atoms with E-state index in [-0.39, 0.29) is 27.4 Å². The first-order valence-corrected chi connectivity index (χ1v) is 9.78. The molecule has 1 aliphatic heterocycles. The first-order chi connectivity index (χ1) is 12.4. The van der Waals surface area contributed by atoms with Gasteiger partial charge < -0.3 is 15.4 Å². The summed E-state index contributed by atoms with van der Waals surface area (Å²) in [5, 5.41) is 5.52. The lowest BCUT2D eigenvalue weighted by atomic mass is 10.3. The van der Waals surface area contributed by atoms with Gasteiger partial charge in [-0.15, -0.1) is 4.40 Å². The van der Waals surface area contributed by atoms with Crippen molar-refractivity contribution < 1.29 is 22.3 Å². The van der Waals surface area contributed by atoms with Crippen LogP contribution in [0.15, 0.2) is 51.8 Å². The fraction of sp³-hybridized carbons (Fsp3) is 0.125. The number of hydrogen-bond acceptors (Lipinski definition) is 6. The highest BCUT2D eigenvalue weighted by Crippen LogP contribution is 2.30. The Balaban J connectivity index is 1.63. The maximum Gasteiger partial charge on any atom is 0.286 e. The van der Waals surface area contributed by atoms with Crippen LogP contribution in [0.3, 0.4) is 0 Å². The van der Waals surface area contributed by atoms with Crippen molar-refractivity contribution in [2.24, 2.45) is 4.40 Å². The quantitative estimate of drug-likeness (QED) is 0.826. The van der Waals surface area contributed by atoms with Gasteiger partial charge in [-0.25, -0.2) is 4.39 Å². The molecule has 0 aliphatic carbocycles. The molecular formula is C16H14FN3O4S2. The van der Waals surface area contributed by atoms with Gasteiger partial charge in [-0.2, -0.15) is 8.42 Å². The number of rotatable bonds is 4. The summed E-state index contributed by atoms with van der Waals surface area (Å²) in [5.74, 6) is -0.381. The first kappa shape index (κ1) is 18.2. The summed E-state index contributed by atoms with van der Waals surface area (Å²) in [6.45, 7) is 0. The molecule has 3 rings (SSSR count). The zero-order valence-electron chi connectivity index (χ0n) is 13.5. The number of fused-ring (bicyclic) bond motifs is 1. The zero-order chi connectivity index (χ0) is 18.7. The third-order valence-corrected chi connectivity index (χ3v) is 5.69. The lowest BCUT2D eigenvalue weighted by Crippen LogP contribution is -2.22. The number of thioether (sulfide) groups is 1. The highest BCUT2D eigenvalue weighted by molar-refractivity contribution is 8.15. The third-order valence-electron chi connectivity index (χ3n) is 3.38. The summed E-state index contributed by atoms with van der Waals surface area (Å²) in [5.41, 5.74) is 0.808. The topological polar surface area (TPSA) is 96.9 Å². The van der Waals surface area contributed by atoms with Gasteiger partial charge in [0.1, 0.15) is 16.5 Å². The Hall–Kier alpha value is -2.59. The molecule has 1 heterocycles. The molecule has 0 aromatic heterocycles. The number of amides is 1. The Morgan fingerprint density at radius 1 is 1.27 bits per heavy atom. The number of nitrogens with one attached hydrogen (secondary N) is 2. The molecular weight excluding hydrogens is 381 g/mol. The van der Waals surface area contributed by atoms with Gasteiger partial charge in [0.15, 0.2) is 5.17 Å². The van der Waals surface area contributed by atoms with Crippen LogP contribution in [0.25, 0.3) is 0 Å². The number of amidine groups is 1. The second-order valence-corrected chi connectivity index (χ2v) is 7.74. The Labute approximate surface area is 153 Å². The number of carbonyl (C=O) groups excluding carboxylic acids is 1. The number of ether oxygens (including phenoxy) is 1. The van der Waals surface area contributed by atoms with Gasteiger partial charge >= 0.3 is 0 Å². The van der Waals surface area contributed by atoms with Crippen molar-refractivity contribution >= 4 is 44.2 Å². The number of benzene rings is 2. The maximum absolute atomic E-state index is 13.2. The molecule has 7 nitrogen and oxygen atoms in total. The van der Waals surface area contributed by atoms with Crippen LogP contribution in [-0.2, 0) is 14.8 Å². The van der Waals surface area contributed by atoms with Gasteiger partial charge in [-0.1, -0.05) is 11.8 Å². The Kier molecular flexibility index (Phi) is 5.14. The summed E-state index contributed by atoms with van der Waals surface area (Å²) >= 11 is 0.932. The molecule has 2 aromatic rings. The molecule has 0 fully saturated rings. The van der Waals surface area contributed by atoms with Crippen LogP contribution in [0.5, 0.6) is 5.75 Å². The molecule has 0 spiro atoms. The average molecular weight is 395 g/mol. The van der Waals surface area contributed by atoms with E-state index in [9.17, 15) is 17.6 Å². The molecule has 2 N–H and O–H groups in total. The smallest absolute Gasteiger partial charge is 0.286 e. The van der Waals surface area contributed by atoms with Crippen molar-refractivity contribution in [2.75, 3.05) is 23.5 Å². The van der Waals surface area contributed by atoms with Crippen molar-refractivity contribution in [3.63, 3.8) is 0 Å². The van der Waals surface area contributed by atoms with E-state index in [1.54, 1.807) is 31.4 Å². The molecule has 10 heteroatoms. The minimum Gasteiger partial charge on any atom is -0.497 e. The summed E-state index contributed by atoms with van der Waals surface area (Å²) in [6.07, 6.45) is 0. The molecule has 26 heavy (non-hydrogen) atoms. The normalized spacial score (nSPS) is 14.6. The van der Waals surface area contributed by atoms with Gasteiger partial charge in [0.2, 0.25) is 5.91 Å². The van der Waals surface area contributed by atoms with E-state index < -0.39 is 15.8 Å². The van der Waals surface area contributed by atoms with Crippen LogP contribution in [0.4, 0.5) is 15.8 Å². The lowest BCUT2D eigenvalue weighted by Gasteiger charge is -2.17. The fourth-order valence-electron chi connectivity index (χ4n) is 2.18. The number of sulfonamides is 1. The van der Waals surface area contributed by atoms with Crippen LogP contribution in [0, 0.1) is 5.82 Å². The summed E-state index contributed by atoms with van der Waals surface area (Å²) < 4.78 is 46.1. The average Bonchev–Trinajstić information content (AvgIpc) is 2.61. The molecule has 0 unspecified atom stereocenters. The minimum absolute atomic E-state index is 0.0500. The fourth-order valence-corrected chi connectivity index (χ4v) is 4.23. The molecule has 1 amide bonds. The number of hydrogen-bond donors (Lipinski definition) is 2. The minimum atomic E-state index is -4.01. The number of carbonyl (C=O) groups is 1. The molecule has 0 radical (unpaired) electrons. The van der Waals surface area contributed by atoms with Gasteiger partial charge in [-0.3, -0.25) is 4.79 Å². The van der Waals surface area contributed by atoms with E-state index >= 15 is 0 Å². The number of halogens is 1. The summed E-state index contributed by atoms with van der Waals surface area (Å²) in [4.78, 5) is 11.8.